The van der Waals surface area contributed by atoms with Gasteiger partial charge in [-0.05, 0) is 23.8 Å². The van der Waals surface area contributed by atoms with E-state index in [4.69, 9.17) is 14.2 Å². The summed E-state index contributed by atoms with van der Waals surface area (Å²) in [4.78, 5) is 12.1. The number of rotatable bonds is 6. The van der Waals surface area contributed by atoms with Crippen molar-refractivity contribution in [2.45, 2.75) is 12.0 Å². The molecule has 1 aliphatic carbocycles. The van der Waals surface area contributed by atoms with Gasteiger partial charge in [-0.3, -0.25) is 4.79 Å². The zero-order valence-corrected chi connectivity index (χ0v) is 13.3. The molecule has 0 N–H and O–H groups in total. The van der Waals surface area contributed by atoms with Crippen LogP contribution in [0.15, 0.2) is 66.0 Å². The summed E-state index contributed by atoms with van der Waals surface area (Å²) in [5.74, 6) is -2.34. The van der Waals surface area contributed by atoms with Gasteiger partial charge in [-0.15, -0.1) is 0 Å². The number of hydrogen-bond donors (Lipinski definition) is 0. The molecule has 0 fully saturated rings. The molecule has 1 aromatic carbocycles. The highest BCUT2D eigenvalue weighted by molar-refractivity contribution is 6.04. The molecule has 4 nitrogen and oxygen atoms in total. The number of ketones is 1. The predicted molar refractivity (Wildman–Crippen MR) is 84.7 cm³/mol. The van der Waals surface area contributed by atoms with Crippen LogP contribution in [0.25, 0.3) is 0 Å². The first-order valence-electron chi connectivity index (χ1n) is 7.07. The van der Waals surface area contributed by atoms with Crippen LogP contribution in [-0.2, 0) is 14.2 Å². The molecule has 0 spiro atoms. The standard InChI is InChI=1S/C18H19FO4/c1-21-16-11-13(12-17(22-2)18(16,19)23-3)9-10-15(20)14-7-5-4-6-8-14/h4-12,16H,1-3H3. The summed E-state index contributed by atoms with van der Waals surface area (Å²) in [5.41, 5.74) is 1.18. The second kappa shape index (κ2) is 7.35. The van der Waals surface area contributed by atoms with Crippen molar-refractivity contribution in [3.63, 3.8) is 0 Å². The number of carbonyl (C=O) groups excluding carboxylic acids is 1. The van der Waals surface area contributed by atoms with Gasteiger partial charge in [0.15, 0.2) is 11.5 Å². The van der Waals surface area contributed by atoms with Crippen LogP contribution in [0.5, 0.6) is 0 Å². The fourth-order valence-electron chi connectivity index (χ4n) is 2.33. The number of halogens is 1. The van der Waals surface area contributed by atoms with Gasteiger partial charge in [-0.2, -0.15) is 4.39 Å². The highest BCUT2D eigenvalue weighted by Crippen LogP contribution is 2.35. The van der Waals surface area contributed by atoms with Gasteiger partial charge in [-0.25, -0.2) is 0 Å². The number of ether oxygens (including phenoxy) is 3. The second-order valence-electron chi connectivity index (χ2n) is 4.95. The minimum Gasteiger partial charge on any atom is -0.495 e. The van der Waals surface area contributed by atoms with E-state index in [2.05, 4.69) is 0 Å². The lowest BCUT2D eigenvalue weighted by atomic mass is 9.97. The molecule has 0 radical (unpaired) electrons. The summed E-state index contributed by atoms with van der Waals surface area (Å²) in [5, 5.41) is 0. The highest BCUT2D eigenvalue weighted by atomic mass is 19.2. The Morgan fingerprint density at radius 1 is 1.22 bits per heavy atom. The molecule has 1 aromatic rings. The van der Waals surface area contributed by atoms with Crippen molar-refractivity contribution < 1.29 is 23.4 Å². The minimum absolute atomic E-state index is 0.0128. The molecule has 2 unspecified atom stereocenters. The Balaban J connectivity index is 2.24. The van der Waals surface area contributed by atoms with E-state index in [1.807, 2.05) is 6.07 Å². The second-order valence-corrected chi connectivity index (χ2v) is 4.95. The van der Waals surface area contributed by atoms with Gasteiger partial charge < -0.3 is 14.2 Å². The summed E-state index contributed by atoms with van der Waals surface area (Å²) < 4.78 is 29.9. The van der Waals surface area contributed by atoms with Gasteiger partial charge in [0.05, 0.1) is 7.11 Å². The van der Waals surface area contributed by atoms with Gasteiger partial charge in [0, 0.05) is 19.8 Å². The Morgan fingerprint density at radius 3 is 2.48 bits per heavy atom. The average molecular weight is 318 g/mol. The number of hydrogen-bond acceptors (Lipinski definition) is 4. The van der Waals surface area contributed by atoms with Crippen LogP contribution in [0.2, 0.25) is 0 Å². The molecule has 0 heterocycles. The molecule has 1 aliphatic rings. The zero-order valence-electron chi connectivity index (χ0n) is 13.3. The van der Waals surface area contributed by atoms with Crippen LogP contribution < -0.4 is 0 Å². The molecule has 0 saturated carbocycles. The van der Waals surface area contributed by atoms with Crippen molar-refractivity contribution in [3.05, 3.63) is 71.5 Å². The summed E-state index contributed by atoms with van der Waals surface area (Å²) in [6, 6.07) is 8.88. The van der Waals surface area contributed by atoms with E-state index in [0.717, 1.165) is 0 Å². The van der Waals surface area contributed by atoms with Crippen molar-refractivity contribution in [3.8, 4) is 0 Å². The molecule has 2 atom stereocenters. The average Bonchev–Trinajstić information content (AvgIpc) is 2.60. The number of methoxy groups -OCH3 is 3. The summed E-state index contributed by atoms with van der Waals surface area (Å²) in [6.07, 6.45) is 5.07. The third kappa shape index (κ3) is 3.57. The predicted octanol–water partition coefficient (Wildman–Crippen LogP) is 3.22. The first-order chi connectivity index (χ1) is 11.0. The van der Waals surface area contributed by atoms with Crippen LogP contribution in [0.1, 0.15) is 10.4 Å². The Hall–Kier alpha value is -2.24. The van der Waals surface area contributed by atoms with Crippen molar-refractivity contribution in [1.29, 1.82) is 0 Å². The smallest absolute Gasteiger partial charge is 0.297 e. The maximum atomic E-state index is 14.8. The first kappa shape index (κ1) is 17.1. The van der Waals surface area contributed by atoms with Crippen LogP contribution in [0, 0.1) is 0 Å². The quantitative estimate of drug-likeness (QED) is 0.597. The third-order valence-electron chi connectivity index (χ3n) is 3.60. The lowest BCUT2D eigenvalue weighted by molar-refractivity contribution is -0.181. The number of benzene rings is 1. The molecule has 0 aliphatic heterocycles. The van der Waals surface area contributed by atoms with E-state index in [9.17, 15) is 9.18 Å². The van der Waals surface area contributed by atoms with Gasteiger partial charge in [0.1, 0.15) is 6.10 Å². The van der Waals surface area contributed by atoms with E-state index in [-0.39, 0.29) is 11.5 Å². The van der Waals surface area contributed by atoms with E-state index >= 15 is 0 Å². The molecule has 0 saturated heterocycles. The number of allylic oxidation sites excluding steroid dienone is 4. The van der Waals surface area contributed by atoms with Crippen LogP contribution in [0.4, 0.5) is 4.39 Å². The van der Waals surface area contributed by atoms with Crippen molar-refractivity contribution in [2.24, 2.45) is 0 Å². The Morgan fingerprint density at radius 2 is 1.91 bits per heavy atom. The summed E-state index contributed by atoms with van der Waals surface area (Å²) in [6.45, 7) is 0. The van der Waals surface area contributed by atoms with E-state index in [0.29, 0.717) is 11.1 Å². The molecular weight excluding hydrogens is 299 g/mol. The fourth-order valence-corrected chi connectivity index (χ4v) is 2.33. The van der Waals surface area contributed by atoms with Crippen LogP contribution >= 0.6 is 0 Å². The van der Waals surface area contributed by atoms with Crippen molar-refractivity contribution in [1.82, 2.24) is 0 Å². The Kier molecular flexibility index (Phi) is 5.47. The van der Waals surface area contributed by atoms with E-state index in [1.54, 1.807) is 36.4 Å². The van der Waals surface area contributed by atoms with Gasteiger partial charge in [-0.1, -0.05) is 36.4 Å². The summed E-state index contributed by atoms with van der Waals surface area (Å²) >= 11 is 0. The molecule has 122 valence electrons. The highest BCUT2D eigenvalue weighted by Gasteiger charge is 2.46. The molecule has 0 bridgehead atoms. The van der Waals surface area contributed by atoms with Crippen molar-refractivity contribution in [2.75, 3.05) is 21.3 Å². The topological polar surface area (TPSA) is 44.8 Å². The van der Waals surface area contributed by atoms with Gasteiger partial charge in [0.25, 0.3) is 5.85 Å². The molecule has 5 heteroatoms. The van der Waals surface area contributed by atoms with Crippen molar-refractivity contribution >= 4 is 5.78 Å². The number of carbonyl (C=O) groups is 1. The zero-order chi connectivity index (χ0) is 16.9. The summed E-state index contributed by atoms with van der Waals surface area (Å²) in [7, 11) is 3.98. The minimum atomic E-state index is -2.19. The number of alkyl halides is 1. The van der Waals surface area contributed by atoms with Gasteiger partial charge in [0.2, 0.25) is 0 Å². The first-order valence-corrected chi connectivity index (χ1v) is 7.07. The molecule has 2 rings (SSSR count). The van der Waals surface area contributed by atoms with Crippen LogP contribution in [-0.4, -0.2) is 39.1 Å². The fraction of sp³-hybridized carbons (Fsp3) is 0.278. The Bertz CT molecular complexity index is 648. The van der Waals surface area contributed by atoms with Crippen LogP contribution in [0.3, 0.4) is 0 Å². The lowest BCUT2D eigenvalue weighted by Gasteiger charge is -2.33. The molecule has 0 amide bonds. The normalized spacial score (nSPS) is 24.3. The maximum Gasteiger partial charge on any atom is 0.297 e. The Labute approximate surface area is 134 Å². The molecule has 23 heavy (non-hydrogen) atoms. The largest absolute Gasteiger partial charge is 0.495 e. The maximum absolute atomic E-state index is 14.8. The molecular formula is C18H19FO4. The molecule has 0 aromatic heterocycles. The van der Waals surface area contributed by atoms with Gasteiger partial charge >= 0.3 is 0 Å². The van der Waals surface area contributed by atoms with E-state index < -0.39 is 12.0 Å². The van der Waals surface area contributed by atoms with E-state index in [1.165, 1.54) is 33.5 Å². The SMILES string of the molecule is COC1=CC(C=CC(=O)c2ccccc2)=CC(OC)C1(F)OC. The lowest BCUT2D eigenvalue weighted by Crippen LogP contribution is -2.44. The monoisotopic (exact) mass is 318 g/mol. The third-order valence-corrected chi connectivity index (χ3v) is 3.60.